The number of benzene rings is 1. The molecule has 0 radical (unpaired) electrons. The molecule has 14 heavy (non-hydrogen) atoms. The van der Waals surface area contributed by atoms with E-state index in [1.54, 1.807) is 0 Å². The minimum absolute atomic E-state index is 0.00375. The summed E-state index contributed by atoms with van der Waals surface area (Å²) in [6.45, 7) is 2.29. The number of rotatable bonds is 3. The fraction of sp³-hybridized carbons (Fsp3) is 0.222. The number of phenols is 1. The molecule has 0 aromatic heterocycles. The smallest absolute Gasteiger partial charge is 0.278 e. The van der Waals surface area contributed by atoms with Gasteiger partial charge in [0.15, 0.2) is 0 Å². The highest BCUT2D eigenvalue weighted by atomic mass is 16.5. The lowest BCUT2D eigenvalue weighted by atomic mass is 10.2. The van der Waals surface area contributed by atoms with Gasteiger partial charge in [-0.15, -0.1) is 0 Å². The van der Waals surface area contributed by atoms with E-state index in [2.05, 4.69) is 0 Å². The zero-order valence-corrected chi connectivity index (χ0v) is 7.65. The van der Waals surface area contributed by atoms with E-state index in [0.29, 0.717) is 12.4 Å². The molecule has 1 aromatic rings. The van der Waals surface area contributed by atoms with Crippen LogP contribution in [-0.2, 0) is 0 Å². The van der Waals surface area contributed by atoms with Crippen molar-refractivity contribution in [1.82, 2.24) is 5.48 Å². The molecule has 5 heteroatoms. The van der Waals surface area contributed by atoms with Gasteiger partial charge >= 0.3 is 0 Å². The van der Waals surface area contributed by atoms with E-state index in [4.69, 9.17) is 9.94 Å². The number of carbonyl (C=O) groups excluding carboxylic acids is 1. The summed E-state index contributed by atoms with van der Waals surface area (Å²) in [5.74, 6) is -0.521. The van der Waals surface area contributed by atoms with Crippen LogP contribution in [0.4, 0.5) is 0 Å². The van der Waals surface area contributed by atoms with Crippen LogP contribution in [0.15, 0.2) is 18.2 Å². The summed E-state index contributed by atoms with van der Waals surface area (Å²) in [6, 6.07) is 4.22. The van der Waals surface area contributed by atoms with Crippen LogP contribution in [0.25, 0.3) is 0 Å². The number of hydrogen-bond donors (Lipinski definition) is 3. The second-order valence-electron chi connectivity index (χ2n) is 2.55. The highest BCUT2D eigenvalue weighted by molar-refractivity contribution is 5.96. The predicted octanol–water partition coefficient (Wildman–Crippen LogP) is 0.910. The molecule has 1 amide bonds. The van der Waals surface area contributed by atoms with Crippen molar-refractivity contribution in [2.75, 3.05) is 6.61 Å². The van der Waals surface area contributed by atoms with Crippen molar-refractivity contribution < 1.29 is 19.8 Å². The second-order valence-corrected chi connectivity index (χ2v) is 2.55. The fourth-order valence-electron chi connectivity index (χ4n) is 1.02. The van der Waals surface area contributed by atoms with Crippen molar-refractivity contribution in [1.29, 1.82) is 0 Å². The highest BCUT2D eigenvalue weighted by Gasteiger charge is 2.10. The van der Waals surface area contributed by atoms with Crippen LogP contribution >= 0.6 is 0 Å². The normalized spacial score (nSPS) is 9.57. The first kappa shape index (κ1) is 10.3. The van der Waals surface area contributed by atoms with Gasteiger partial charge in [-0.3, -0.25) is 10.0 Å². The first-order chi connectivity index (χ1) is 6.69. The van der Waals surface area contributed by atoms with Gasteiger partial charge in [-0.25, -0.2) is 5.48 Å². The molecule has 3 N–H and O–H groups in total. The van der Waals surface area contributed by atoms with Crippen LogP contribution in [0, 0.1) is 0 Å². The summed E-state index contributed by atoms with van der Waals surface area (Å²) < 4.78 is 5.10. The Hall–Kier alpha value is -1.75. The maximum atomic E-state index is 10.9. The summed E-state index contributed by atoms with van der Waals surface area (Å²) in [5, 5.41) is 17.7. The molecule has 0 saturated carbocycles. The number of carbonyl (C=O) groups is 1. The SMILES string of the molecule is CCOc1ccc(C(=O)NO)c(O)c1. The van der Waals surface area contributed by atoms with Crippen molar-refractivity contribution in [2.45, 2.75) is 6.92 Å². The molecule has 0 heterocycles. The minimum Gasteiger partial charge on any atom is -0.507 e. The molecule has 1 rings (SSSR count). The lowest BCUT2D eigenvalue weighted by Crippen LogP contribution is -2.18. The van der Waals surface area contributed by atoms with Crippen molar-refractivity contribution in [2.24, 2.45) is 0 Å². The quantitative estimate of drug-likeness (QED) is 0.497. The van der Waals surface area contributed by atoms with Gasteiger partial charge in [-0.05, 0) is 19.1 Å². The molecule has 0 saturated heterocycles. The molecule has 0 aliphatic carbocycles. The Balaban J connectivity index is 2.95. The monoisotopic (exact) mass is 197 g/mol. The molecule has 0 bridgehead atoms. The van der Waals surface area contributed by atoms with Crippen molar-refractivity contribution in [3.63, 3.8) is 0 Å². The minimum atomic E-state index is -0.759. The molecular weight excluding hydrogens is 186 g/mol. The van der Waals surface area contributed by atoms with Gasteiger partial charge in [0.2, 0.25) is 0 Å². The molecular formula is C9H11NO4. The molecule has 0 aliphatic heterocycles. The number of aromatic hydroxyl groups is 1. The van der Waals surface area contributed by atoms with Crippen LogP contribution in [0.2, 0.25) is 0 Å². The molecule has 0 atom stereocenters. The van der Waals surface area contributed by atoms with Gasteiger partial charge in [0.05, 0.1) is 12.2 Å². The molecule has 5 nitrogen and oxygen atoms in total. The predicted molar refractivity (Wildman–Crippen MR) is 48.5 cm³/mol. The second kappa shape index (κ2) is 4.48. The first-order valence-electron chi connectivity index (χ1n) is 4.09. The Labute approximate surface area is 80.9 Å². The fourth-order valence-corrected chi connectivity index (χ4v) is 1.02. The number of ether oxygens (including phenoxy) is 1. The van der Waals surface area contributed by atoms with E-state index >= 15 is 0 Å². The van der Waals surface area contributed by atoms with Crippen molar-refractivity contribution >= 4 is 5.91 Å². The summed E-state index contributed by atoms with van der Waals surface area (Å²) in [5.41, 5.74) is 1.43. The third-order valence-corrected chi connectivity index (χ3v) is 1.63. The van der Waals surface area contributed by atoms with E-state index in [-0.39, 0.29) is 11.3 Å². The van der Waals surface area contributed by atoms with E-state index in [0.717, 1.165) is 0 Å². The van der Waals surface area contributed by atoms with Gasteiger partial charge in [0, 0.05) is 6.07 Å². The third kappa shape index (κ3) is 2.14. The average Bonchev–Trinajstić information content (AvgIpc) is 2.17. The van der Waals surface area contributed by atoms with Crippen molar-refractivity contribution in [3.05, 3.63) is 23.8 Å². The summed E-state index contributed by atoms with van der Waals surface area (Å²) in [6.07, 6.45) is 0. The highest BCUT2D eigenvalue weighted by Crippen LogP contribution is 2.23. The maximum absolute atomic E-state index is 10.9. The molecule has 76 valence electrons. The van der Waals surface area contributed by atoms with E-state index in [1.807, 2.05) is 6.92 Å². The number of hydrogen-bond acceptors (Lipinski definition) is 4. The lowest BCUT2D eigenvalue weighted by molar-refractivity contribution is 0.0703. The number of nitrogens with one attached hydrogen (secondary N) is 1. The molecule has 0 fully saturated rings. The molecule has 0 aliphatic rings. The van der Waals surface area contributed by atoms with E-state index in [1.165, 1.54) is 23.7 Å². The first-order valence-corrected chi connectivity index (χ1v) is 4.09. The van der Waals surface area contributed by atoms with Gasteiger partial charge in [0.1, 0.15) is 11.5 Å². The van der Waals surface area contributed by atoms with Crippen molar-refractivity contribution in [3.8, 4) is 11.5 Å². The Morgan fingerprint density at radius 1 is 1.57 bits per heavy atom. The van der Waals surface area contributed by atoms with E-state index in [9.17, 15) is 9.90 Å². The summed E-state index contributed by atoms with van der Waals surface area (Å²) in [4.78, 5) is 10.9. The van der Waals surface area contributed by atoms with Gasteiger partial charge < -0.3 is 9.84 Å². The number of phenolic OH excluding ortho intramolecular Hbond substituents is 1. The Kier molecular flexibility index (Phi) is 3.30. The lowest BCUT2D eigenvalue weighted by Gasteiger charge is -2.06. The third-order valence-electron chi connectivity index (χ3n) is 1.63. The zero-order chi connectivity index (χ0) is 10.6. The van der Waals surface area contributed by atoms with Gasteiger partial charge in [0.25, 0.3) is 5.91 Å². The van der Waals surface area contributed by atoms with Gasteiger partial charge in [-0.2, -0.15) is 0 Å². The van der Waals surface area contributed by atoms with Crippen LogP contribution in [0.5, 0.6) is 11.5 Å². The van der Waals surface area contributed by atoms with Crippen LogP contribution in [0.1, 0.15) is 17.3 Å². The zero-order valence-electron chi connectivity index (χ0n) is 7.65. The largest absolute Gasteiger partial charge is 0.507 e. The topological polar surface area (TPSA) is 78.8 Å². The summed E-state index contributed by atoms with van der Waals surface area (Å²) >= 11 is 0. The molecule has 1 aromatic carbocycles. The Morgan fingerprint density at radius 2 is 2.29 bits per heavy atom. The average molecular weight is 197 g/mol. The molecule has 0 spiro atoms. The Morgan fingerprint density at radius 3 is 2.79 bits per heavy atom. The summed E-state index contributed by atoms with van der Waals surface area (Å²) in [7, 11) is 0. The number of amides is 1. The van der Waals surface area contributed by atoms with Crippen LogP contribution in [-0.4, -0.2) is 22.8 Å². The van der Waals surface area contributed by atoms with Crippen LogP contribution < -0.4 is 10.2 Å². The standard InChI is InChI=1S/C9H11NO4/c1-2-14-6-3-4-7(8(11)5-6)9(12)10-13/h3-5,11,13H,2H2,1H3,(H,10,12). The Bertz CT molecular complexity index is 338. The van der Waals surface area contributed by atoms with Crippen LogP contribution in [0.3, 0.4) is 0 Å². The molecule has 0 unspecified atom stereocenters. The van der Waals surface area contributed by atoms with Gasteiger partial charge in [-0.1, -0.05) is 0 Å². The van der Waals surface area contributed by atoms with E-state index < -0.39 is 5.91 Å². The maximum Gasteiger partial charge on any atom is 0.278 e. The number of hydroxylamine groups is 1.